The Balaban J connectivity index is 2.19. The Kier molecular flexibility index (Phi) is 7.65. The summed E-state index contributed by atoms with van der Waals surface area (Å²) in [4.78, 5) is 15.0. The van der Waals surface area contributed by atoms with Gasteiger partial charge in [-0.15, -0.1) is 9.50 Å². The van der Waals surface area contributed by atoms with Gasteiger partial charge in [0.25, 0.3) is 15.6 Å². The minimum absolute atomic E-state index is 0.0395. The van der Waals surface area contributed by atoms with Crippen LogP contribution >= 0.6 is 0 Å². The van der Waals surface area contributed by atoms with Crippen LogP contribution in [0.25, 0.3) is 0 Å². The van der Waals surface area contributed by atoms with Gasteiger partial charge >= 0.3 is 0 Å². The lowest BCUT2D eigenvalue weighted by Gasteiger charge is -2.29. The summed E-state index contributed by atoms with van der Waals surface area (Å²) < 4.78 is 56.7. The quantitative estimate of drug-likeness (QED) is 0.456. The van der Waals surface area contributed by atoms with Crippen molar-refractivity contribution in [3.63, 3.8) is 0 Å². The van der Waals surface area contributed by atoms with Crippen LogP contribution in [-0.2, 0) is 26.6 Å². The summed E-state index contributed by atoms with van der Waals surface area (Å²) in [7, 11) is -6.28. The van der Waals surface area contributed by atoms with E-state index in [-0.39, 0.29) is 50.9 Å². The van der Waals surface area contributed by atoms with Crippen LogP contribution in [0, 0.1) is 10.8 Å². The van der Waals surface area contributed by atoms with Gasteiger partial charge in [0.15, 0.2) is 17.4 Å². The maximum absolute atomic E-state index is 13.5. The molecule has 0 saturated carbocycles. The molecule has 0 saturated heterocycles. The molecule has 210 valence electrons. The molecule has 2 heterocycles. The predicted molar refractivity (Wildman–Crippen MR) is 149 cm³/mol. The number of nitrogens with one attached hydrogen (secondary N) is 2. The molecule has 38 heavy (non-hydrogen) atoms. The van der Waals surface area contributed by atoms with E-state index < -0.39 is 31.4 Å². The van der Waals surface area contributed by atoms with Crippen molar-refractivity contribution in [3.05, 3.63) is 34.1 Å². The number of aryl methyl sites for hydroxylation is 1. The van der Waals surface area contributed by atoms with Crippen LogP contribution < -0.4 is 20.5 Å². The molecule has 3 rings (SSSR count). The zero-order chi connectivity index (χ0) is 28.8. The van der Waals surface area contributed by atoms with Crippen molar-refractivity contribution in [1.29, 1.82) is 0 Å². The van der Waals surface area contributed by atoms with Gasteiger partial charge in [-0.3, -0.25) is 9.52 Å². The first-order valence-electron chi connectivity index (χ1n) is 12.0. The predicted octanol–water partition coefficient (Wildman–Crippen LogP) is 2.80. The normalized spacial score (nSPS) is 15.3. The average molecular weight is 569 g/mol. The second-order valence-corrected chi connectivity index (χ2v) is 15.2. The number of benzene rings is 1. The standard InChI is InChI=1S/C24H36N6O6S2/c1-23(2,3)11-12-30-22(32)18(19(31)21(26-30)29(7)14-24(4,5)6)20-25-16-10-9-15(27-37(8,33)34)13-17(16)38(35,36)28-20/h9-10,13,27,31H,11-12,14H2,1-8H3,(H,25,28). The summed E-state index contributed by atoms with van der Waals surface area (Å²) in [5, 5.41) is 18.5. The molecule has 14 heteroatoms. The summed E-state index contributed by atoms with van der Waals surface area (Å²) in [6.07, 6.45) is 1.55. The molecule has 0 radical (unpaired) electrons. The Bertz CT molecular complexity index is 1550. The fourth-order valence-electron chi connectivity index (χ4n) is 3.94. The maximum atomic E-state index is 13.5. The number of aromatic nitrogens is 2. The SMILES string of the molecule is CN(CC(C)(C)C)c1nn(CCC(C)(C)C)c(=O)c(C2=NS(=O)(=O)c3cc(NS(C)(=O)=O)ccc3N2)c1O. The molecular weight excluding hydrogens is 532 g/mol. The molecule has 1 aromatic heterocycles. The number of aromatic hydroxyl groups is 1. The van der Waals surface area contributed by atoms with Crippen molar-refractivity contribution in [2.24, 2.45) is 15.2 Å². The van der Waals surface area contributed by atoms with Crippen LogP contribution in [0.2, 0.25) is 0 Å². The van der Waals surface area contributed by atoms with Gasteiger partial charge in [0.05, 0.1) is 11.9 Å². The first-order chi connectivity index (χ1) is 17.2. The van der Waals surface area contributed by atoms with Crippen molar-refractivity contribution in [2.75, 3.05) is 34.8 Å². The van der Waals surface area contributed by atoms with Crippen LogP contribution in [0.1, 0.15) is 53.5 Å². The number of fused-ring (bicyclic) bond motifs is 1. The number of sulfonamides is 2. The van der Waals surface area contributed by atoms with Gasteiger partial charge in [-0.05, 0) is 35.4 Å². The number of nitrogens with zero attached hydrogens (tertiary/aromatic N) is 4. The third-order valence-electron chi connectivity index (χ3n) is 5.52. The second kappa shape index (κ2) is 9.88. The maximum Gasteiger partial charge on any atom is 0.286 e. The highest BCUT2D eigenvalue weighted by atomic mass is 32.2. The van der Waals surface area contributed by atoms with Crippen LogP contribution in [-0.4, -0.2) is 57.4 Å². The monoisotopic (exact) mass is 568 g/mol. The molecular formula is C24H36N6O6S2. The van der Waals surface area contributed by atoms with E-state index in [0.717, 1.165) is 12.3 Å². The highest BCUT2D eigenvalue weighted by Crippen LogP contribution is 2.34. The van der Waals surface area contributed by atoms with E-state index in [1.807, 2.05) is 41.5 Å². The Hall–Kier alpha value is -3.13. The topological polar surface area (TPSA) is 163 Å². The largest absolute Gasteiger partial charge is 0.504 e. The number of anilines is 3. The minimum Gasteiger partial charge on any atom is -0.504 e. The Morgan fingerprint density at radius 3 is 2.32 bits per heavy atom. The van der Waals surface area contributed by atoms with Crippen LogP contribution in [0.5, 0.6) is 5.75 Å². The van der Waals surface area contributed by atoms with Crippen molar-refractivity contribution in [1.82, 2.24) is 9.78 Å². The molecule has 1 aromatic carbocycles. The van der Waals surface area contributed by atoms with Crippen molar-refractivity contribution >= 4 is 43.1 Å². The highest BCUT2D eigenvalue weighted by Gasteiger charge is 2.32. The van der Waals surface area contributed by atoms with Crippen LogP contribution in [0.3, 0.4) is 0 Å². The van der Waals surface area contributed by atoms with Gasteiger partial charge < -0.3 is 15.3 Å². The lowest BCUT2D eigenvalue weighted by atomic mass is 9.92. The molecule has 1 aliphatic rings. The number of hydrogen-bond donors (Lipinski definition) is 3. The molecule has 0 bridgehead atoms. The van der Waals surface area contributed by atoms with Crippen LogP contribution in [0.15, 0.2) is 32.3 Å². The summed E-state index contributed by atoms with van der Waals surface area (Å²) in [6.45, 7) is 12.8. The molecule has 0 unspecified atom stereocenters. The van der Waals surface area contributed by atoms with E-state index in [0.29, 0.717) is 13.0 Å². The van der Waals surface area contributed by atoms with E-state index >= 15 is 0 Å². The molecule has 0 aliphatic carbocycles. The summed E-state index contributed by atoms with van der Waals surface area (Å²) in [5.74, 6) is -0.723. The Morgan fingerprint density at radius 1 is 1.13 bits per heavy atom. The smallest absolute Gasteiger partial charge is 0.286 e. The Morgan fingerprint density at radius 2 is 1.76 bits per heavy atom. The molecule has 2 aromatic rings. The van der Waals surface area contributed by atoms with Gasteiger partial charge in [-0.2, -0.15) is 8.42 Å². The van der Waals surface area contributed by atoms with Crippen molar-refractivity contribution < 1.29 is 21.9 Å². The van der Waals surface area contributed by atoms with Gasteiger partial charge in [-0.1, -0.05) is 41.5 Å². The molecule has 0 amide bonds. The van der Waals surface area contributed by atoms with E-state index in [4.69, 9.17) is 0 Å². The average Bonchev–Trinajstić information content (AvgIpc) is 2.70. The molecule has 3 N–H and O–H groups in total. The lowest BCUT2D eigenvalue weighted by Crippen LogP contribution is -2.37. The second-order valence-electron chi connectivity index (χ2n) is 11.9. The number of amidine groups is 1. The van der Waals surface area contributed by atoms with E-state index in [1.54, 1.807) is 11.9 Å². The van der Waals surface area contributed by atoms with E-state index in [9.17, 15) is 26.7 Å². The molecule has 0 atom stereocenters. The lowest BCUT2D eigenvalue weighted by molar-refractivity contribution is 0.334. The van der Waals surface area contributed by atoms with Crippen LogP contribution in [0.4, 0.5) is 17.2 Å². The third-order valence-corrected chi connectivity index (χ3v) is 7.45. The number of hydrogen-bond acceptors (Lipinski definition) is 9. The third kappa shape index (κ3) is 7.04. The summed E-state index contributed by atoms with van der Waals surface area (Å²) >= 11 is 0. The van der Waals surface area contributed by atoms with Gasteiger partial charge in [-0.25, -0.2) is 13.1 Å². The zero-order valence-corrected chi connectivity index (χ0v) is 24.6. The number of rotatable bonds is 7. The molecule has 0 fully saturated rings. The minimum atomic E-state index is -4.36. The molecule has 0 spiro atoms. The van der Waals surface area contributed by atoms with Gasteiger partial charge in [0.2, 0.25) is 10.0 Å². The fraction of sp³-hybridized carbons (Fsp3) is 0.542. The van der Waals surface area contributed by atoms with E-state index in [1.165, 1.54) is 16.8 Å². The van der Waals surface area contributed by atoms with Gasteiger partial charge in [0.1, 0.15) is 10.5 Å². The summed E-state index contributed by atoms with van der Waals surface area (Å²) in [5.41, 5.74) is -1.18. The first-order valence-corrected chi connectivity index (χ1v) is 15.3. The summed E-state index contributed by atoms with van der Waals surface area (Å²) in [6, 6.07) is 3.87. The van der Waals surface area contributed by atoms with Crippen molar-refractivity contribution in [3.8, 4) is 5.75 Å². The first kappa shape index (κ1) is 29.4. The molecule has 12 nitrogen and oxygen atoms in total. The zero-order valence-electron chi connectivity index (χ0n) is 22.9. The molecule has 1 aliphatic heterocycles. The van der Waals surface area contributed by atoms with Gasteiger partial charge in [0, 0.05) is 25.8 Å². The fourth-order valence-corrected chi connectivity index (χ4v) is 5.65. The highest BCUT2D eigenvalue weighted by molar-refractivity contribution is 7.92. The van der Waals surface area contributed by atoms with E-state index in [2.05, 4.69) is 19.5 Å². The van der Waals surface area contributed by atoms with Crippen molar-refractivity contribution in [2.45, 2.75) is 59.4 Å². The Labute approximate surface area is 223 Å².